The maximum absolute atomic E-state index is 11.7. The Morgan fingerprint density at radius 2 is 1.84 bits per heavy atom. The molecule has 2 aliphatic heterocycles. The summed E-state index contributed by atoms with van der Waals surface area (Å²) in [6.07, 6.45) is 1.67. The van der Waals surface area contributed by atoms with Crippen LogP contribution in [0.2, 0.25) is 0 Å². The number of carbonyl (C=O) groups is 1. The van der Waals surface area contributed by atoms with E-state index in [0.29, 0.717) is 6.04 Å². The molecule has 2 aliphatic rings. The second-order valence-electron chi connectivity index (χ2n) is 7.03. The van der Waals surface area contributed by atoms with Crippen molar-refractivity contribution in [3.63, 3.8) is 0 Å². The third kappa shape index (κ3) is 5.57. The fourth-order valence-electron chi connectivity index (χ4n) is 3.71. The van der Waals surface area contributed by atoms with Gasteiger partial charge in [0.1, 0.15) is 0 Å². The van der Waals surface area contributed by atoms with E-state index in [-0.39, 0.29) is 11.9 Å². The molecular weight excluding hydrogens is 318 g/mol. The third-order valence-electron chi connectivity index (χ3n) is 5.57. The fraction of sp³-hybridized carbons (Fsp3) is 0.889. The Labute approximate surface area is 152 Å². The minimum atomic E-state index is -0.0811. The van der Waals surface area contributed by atoms with Crippen LogP contribution in [0.25, 0.3) is 0 Å². The summed E-state index contributed by atoms with van der Waals surface area (Å²) >= 11 is 0. The van der Waals surface area contributed by atoms with Crippen LogP contribution in [0.5, 0.6) is 0 Å². The Morgan fingerprint density at radius 1 is 1.20 bits per heavy atom. The molecule has 144 valence electrons. The van der Waals surface area contributed by atoms with E-state index in [9.17, 15) is 4.79 Å². The second kappa shape index (κ2) is 9.97. The van der Waals surface area contributed by atoms with Crippen molar-refractivity contribution in [2.45, 2.75) is 32.7 Å². The number of piperidine rings is 1. The van der Waals surface area contributed by atoms with Crippen molar-refractivity contribution < 1.29 is 9.53 Å². The Bertz CT molecular complexity index is 441. The van der Waals surface area contributed by atoms with Crippen molar-refractivity contribution in [3.05, 3.63) is 0 Å². The number of ether oxygens (including phenoxy) is 1. The standard InChI is InChI=1S/C18H35N5O2/c1-5-21-10-12-22(13-11-21)15(2)14-20-18(19-3)23-8-6-16(7-9-23)17(24)25-4/h15-16H,5-14H2,1-4H3,(H,19,20). The molecule has 25 heavy (non-hydrogen) atoms. The lowest BCUT2D eigenvalue weighted by molar-refractivity contribution is -0.146. The highest BCUT2D eigenvalue weighted by molar-refractivity contribution is 5.80. The van der Waals surface area contributed by atoms with Gasteiger partial charge in [-0.15, -0.1) is 0 Å². The number of piperazine rings is 1. The van der Waals surface area contributed by atoms with Crippen LogP contribution in [0.1, 0.15) is 26.7 Å². The first kappa shape index (κ1) is 20.0. The van der Waals surface area contributed by atoms with Gasteiger partial charge < -0.3 is 19.9 Å². The molecule has 7 nitrogen and oxygen atoms in total. The van der Waals surface area contributed by atoms with Crippen LogP contribution in [0.3, 0.4) is 0 Å². The summed E-state index contributed by atoms with van der Waals surface area (Å²) in [5.74, 6) is 0.901. The molecule has 0 saturated carbocycles. The first-order valence-electron chi connectivity index (χ1n) is 9.58. The van der Waals surface area contributed by atoms with Crippen molar-refractivity contribution in [2.24, 2.45) is 10.9 Å². The minimum absolute atomic E-state index is 0.0353. The highest BCUT2D eigenvalue weighted by atomic mass is 16.5. The SMILES string of the molecule is CCN1CCN(C(C)CNC(=NC)N2CCC(C(=O)OC)CC2)CC1. The lowest BCUT2D eigenvalue weighted by atomic mass is 9.97. The fourth-order valence-corrected chi connectivity index (χ4v) is 3.71. The molecule has 0 spiro atoms. The number of aliphatic imine (C=N–C) groups is 1. The van der Waals surface area contributed by atoms with Crippen molar-refractivity contribution in [3.8, 4) is 0 Å². The molecule has 1 unspecified atom stereocenters. The average Bonchev–Trinajstić information content (AvgIpc) is 2.68. The Kier molecular flexibility index (Phi) is 7.96. The molecule has 0 aliphatic carbocycles. The number of rotatable bonds is 5. The number of methoxy groups -OCH3 is 1. The summed E-state index contributed by atoms with van der Waals surface area (Å²) in [5, 5.41) is 3.52. The number of esters is 1. The molecule has 7 heteroatoms. The van der Waals surface area contributed by atoms with Crippen LogP contribution in [0, 0.1) is 5.92 Å². The topological polar surface area (TPSA) is 60.4 Å². The van der Waals surface area contributed by atoms with Crippen LogP contribution in [-0.4, -0.2) is 99.2 Å². The van der Waals surface area contributed by atoms with E-state index in [2.05, 4.69) is 38.9 Å². The van der Waals surface area contributed by atoms with Gasteiger partial charge in [0.15, 0.2) is 5.96 Å². The number of carbonyl (C=O) groups excluding carboxylic acids is 1. The summed E-state index contributed by atoms with van der Waals surface area (Å²) in [6.45, 7) is 12.9. The second-order valence-corrected chi connectivity index (χ2v) is 7.03. The Balaban J connectivity index is 1.74. The highest BCUT2D eigenvalue weighted by Gasteiger charge is 2.27. The van der Waals surface area contributed by atoms with Crippen LogP contribution >= 0.6 is 0 Å². The van der Waals surface area contributed by atoms with Gasteiger partial charge in [0.05, 0.1) is 13.0 Å². The number of hydrogen-bond donors (Lipinski definition) is 1. The summed E-state index contributed by atoms with van der Waals surface area (Å²) < 4.78 is 4.86. The number of guanidine groups is 1. The Morgan fingerprint density at radius 3 is 2.36 bits per heavy atom. The summed E-state index contributed by atoms with van der Waals surface area (Å²) in [6, 6.07) is 0.489. The van der Waals surface area contributed by atoms with Crippen LogP contribution in [-0.2, 0) is 9.53 Å². The van der Waals surface area contributed by atoms with E-state index >= 15 is 0 Å². The molecule has 0 aromatic carbocycles. The van der Waals surface area contributed by atoms with Gasteiger partial charge in [0, 0.05) is 58.9 Å². The number of likely N-dealkylation sites (tertiary alicyclic amines) is 1. The van der Waals surface area contributed by atoms with Gasteiger partial charge in [-0.3, -0.25) is 14.7 Å². The normalized spacial score (nSPS) is 22.7. The van der Waals surface area contributed by atoms with E-state index in [1.54, 1.807) is 0 Å². The lowest BCUT2D eigenvalue weighted by Crippen LogP contribution is -2.54. The molecule has 2 fully saturated rings. The van der Waals surface area contributed by atoms with E-state index in [0.717, 1.165) is 71.2 Å². The largest absolute Gasteiger partial charge is 0.469 e. The number of nitrogens with one attached hydrogen (secondary N) is 1. The molecular formula is C18H35N5O2. The summed E-state index contributed by atoms with van der Waals surface area (Å²) in [4.78, 5) is 23.4. The molecule has 2 rings (SSSR count). The van der Waals surface area contributed by atoms with E-state index in [1.807, 2.05) is 7.05 Å². The monoisotopic (exact) mass is 353 g/mol. The maximum atomic E-state index is 11.7. The van der Waals surface area contributed by atoms with Crippen molar-refractivity contribution >= 4 is 11.9 Å². The van der Waals surface area contributed by atoms with Gasteiger partial charge in [-0.1, -0.05) is 6.92 Å². The summed E-state index contributed by atoms with van der Waals surface area (Å²) in [7, 11) is 3.30. The zero-order chi connectivity index (χ0) is 18.2. The van der Waals surface area contributed by atoms with Gasteiger partial charge >= 0.3 is 5.97 Å². The maximum Gasteiger partial charge on any atom is 0.308 e. The van der Waals surface area contributed by atoms with Crippen LogP contribution in [0.15, 0.2) is 4.99 Å². The first-order valence-corrected chi connectivity index (χ1v) is 9.58. The molecule has 0 bridgehead atoms. The van der Waals surface area contributed by atoms with E-state index in [4.69, 9.17) is 4.74 Å². The highest BCUT2D eigenvalue weighted by Crippen LogP contribution is 2.18. The van der Waals surface area contributed by atoms with Gasteiger partial charge in [-0.05, 0) is 26.3 Å². The van der Waals surface area contributed by atoms with Crippen molar-refractivity contribution in [1.82, 2.24) is 20.0 Å². The number of likely N-dealkylation sites (N-methyl/N-ethyl adjacent to an activating group) is 1. The lowest BCUT2D eigenvalue weighted by Gasteiger charge is -2.38. The predicted octanol–water partition coefficient (Wildman–Crippen LogP) is 0.473. The first-order chi connectivity index (χ1) is 12.1. The molecule has 2 heterocycles. The number of nitrogens with zero attached hydrogens (tertiary/aromatic N) is 4. The summed E-state index contributed by atoms with van der Waals surface area (Å²) in [5.41, 5.74) is 0. The van der Waals surface area contributed by atoms with Gasteiger partial charge in [-0.2, -0.15) is 0 Å². The minimum Gasteiger partial charge on any atom is -0.469 e. The number of hydrogen-bond acceptors (Lipinski definition) is 5. The van der Waals surface area contributed by atoms with Crippen molar-refractivity contribution in [2.75, 3.05) is 66.5 Å². The molecule has 0 aromatic heterocycles. The van der Waals surface area contributed by atoms with Crippen LogP contribution in [0.4, 0.5) is 0 Å². The van der Waals surface area contributed by atoms with E-state index < -0.39 is 0 Å². The molecule has 2 saturated heterocycles. The van der Waals surface area contributed by atoms with Crippen molar-refractivity contribution in [1.29, 1.82) is 0 Å². The smallest absolute Gasteiger partial charge is 0.308 e. The molecule has 0 amide bonds. The van der Waals surface area contributed by atoms with Crippen LogP contribution < -0.4 is 5.32 Å². The molecule has 0 aromatic rings. The Hall–Kier alpha value is -1.34. The molecule has 1 atom stereocenters. The average molecular weight is 354 g/mol. The molecule has 0 radical (unpaired) electrons. The zero-order valence-corrected chi connectivity index (χ0v) is 16.3. The zero-order valence-electron chi connectivity index (χ0n) is 16.3. The molecule has 1 N–H and O–H groups in total. The predicted molar refractivity (Wildman–Crippen MR) is 101 cm³/mol. The van der Waals surface area contributed by atoms with Gasteiger partial charge in [0.25, 0.3) is 0 Å². The quantitative estimate of drug-likeness (QED) is 0.441. The van der Waals surface area contributed by atoms with Gasteiger partial charge in [0.2, 0.25) is 0 Å². The van der Waals surface area contributed by atoms with E-state index in [1.165, 1.54) is 7.11 Å². The third-order valence-corrected chi connectivity index (χ3v) is 5.57. The van der Waals surface area contributed by atoms with Gasteiger partial charge in [-0.25, -0.2) is 0 Å².